The molecule has 0 aliphatic heterocycles. The summed E-state index contributed by atoms with van der Waals surface area (Å²) in [6.07, 6.45) is -4.74. The molecule has 2 aromatic rings. The maximum absolute atomic E-state index is 13.5. The number of rotatable bonds is 3. The molecule has 2 aromatic carbocycles. The third-order valence-electron chi connectivity index (χ3n) is 2.78. The molecule has 0 spiro atoms. The number of benzene rings is 2. The molecule has 0 fully saturated rings. The lowest BCUT2D eigenvalue weighted by Gasteiger charge is -2.14. The summed E-state index contributed by atoms with van der Waals surface area (Å²) < 4.78 is 53.7. The average Bonchev–Trinajstić information content (AvgIpc) is 2.40. The Kier molecular flexibility index (Phi) is 4.53. The van der Waals surface area contributed by atoms with Gasteiger partial charge >= 0.3 is 6.36 Å². The first-order chi connectivity index (χ1) is 9.76. The lowest BCUT2D eigenvalue weighted by molar-refractivity contribution is -0.274. The van der Waals surface area contributed by atoms with E-state index < -0.39 is 18.2 Å². The Balaban J connectivity index is 2.19. The highest BCUT2D eigenvalue weighted by Gasteiger charge is 2.31. The molecule has 0 unspecified atom stereocenters. The van der Waals surface area contributed by atoms with Crippen LogP contribution in [0.25, 0.3) is 0 Å². The predicted octanol–water partition coefficient (Wildman–Crippen LogP) is 4.53. The van der Waals surface area contributed by atoms with E-state index in [-0.39, 0.29) is 5.75 Å². The van der Waals surface area contributed by atoms with Crippen LogP contribution in [0.15, 0.2) is 46.9 Å². The van der Waals surface area contributed by atoms with Crippen LogP contribution in [0.2, 0.25) is 0 Å². The maximum atomic E-state index is 13.5. The molecule has 2 nitrogen and oxygen atoms in total. The van der Waals surface area contributed by atoms with E-state index in [1.807, 2.05) is 0 Å². The Morgan fingerprint density at radius 1 is 1.00 bits per heavy atom. The van der Waals surface area contributed by atoms with Crippen LogP contribution in [-0.4, -0.2) is 6.36 Å². The largest absolute Gasteiger partial charge is 0.573 e. The molecule has 7 heteroatoms. The Bertz CT molecular complexity index is 628. The van der Waals surface area contributed by atoms with Gasteiger partial charge in [-0.1, -0.05) is 18.2 Å². The minimum Gasteiger partial charge on any atom is -0.406 e. The Morgan fingerprint density at radius 3 is 2.10 bits per heavy atom. The molecule has 21 heavy (non-hydrogen) atoms. The summed E-state index contributed by atoms with van der Waals surface area (Å²) in [6.45, 7) is 0. The number of ether oxygens (including phenoxy) is 1. The number of alkyl halides is 3. The van der Waals surface area contributed by atoms with Crippen LogP contribution >= 0.6 is 15.9 Å². The summed E-state index contributed by atoms with van der Waals surface area (Å²) in [7, 11) is 0. The molecule has 1 atom stereocenters. The minimum atomic E-state index is -4.74. The normalized spacial score (nSPS) is 13.0. The molecule has 112 valence electrons. The molecule has 0 saturated heterocycles. The van der Waals surface area contributed by atoms with Crippen molar-refractivity contribution < 1.29 is 22.3 Å². The summed E-state index contributed by atoms with van der Waals surface area (Å²) in [5.74, 6) is -0.791. The van der Waals surface area contributed by atoms with Gasteiger partial charge in [0.05, 0.1) is 10.5 Å². The van der Waals surface area contributed by atoms with Gasteiger partial charge in [-0.3, -0.25) is 0 Å². The SMILES string of the molecule is N[C@H](c1ccc(OC(F)(F)F)cc1)c1ccc(Br)c(F)c1. The summed E-state index contributed by atoms with van der Waals surface area (Å²) in [5.41, 5.74) is 7.03. The van der Waals surface area contributed by atoms with Gasteiger partial charge in [-0.15, -0.1) is 13.2 Å². The Morgan fingerprint density at radius 2 is 1.57 bits per heavy atom. The van der Waals surface area contributed by atoms with Crippen molar-refractivity contribution in [1.29, 1.82) is 0 Å². The highest BCUT2D eigenvalue weighted by molar-refractivity contribution is 9.10. The van der Waals surface area contributed by atoms with Crippen molar-refractivity contribution >= 4 is 15.9 Å². The summed E-state index contributed by atoms with van der Waals surface area (Å²) in [6, 6.07) is 8.93. The van der Waals surface area contributed by atoms with E-state index in [1.165, 1.54) is 24.3 Å². The number of hydrogen-bond donors (Lipinski definition) is 1. The molecular weight excluding hydrogens is 354 g/mol. The lowest BCUT2D eigenvalue weighted by Crippen LogP contribution is -2.17. The van der Waals surface area contributed by atoms with Gasteiger partial charge in [0, 0.05) is 0 Å². The van der Waals surface area contributed by atoms with Crippen molar-refractivity contribution in [3.05, 3.63) is 63.9 Å². The molecule has 0 aromatic heterocycles. The maximum Gasteiger partial charge on any atom is 0.573 e. The van der Waals surface area contributed by atoms with Gasteiger partial charge in [-0.05, 0) is 51.3 Å². The standard InChI is InChI=1S/C14H10BrF4NO/c15-11-6-3-9(7-12(11)16)13(20)8-1-4-10(5-2-8)21-14(17,18)19/h1-7,13H,20H2/t13-/m1/s1. The van der Waals surface area contributed by atoms with Crippen molar-refractivity contribution in [3.63, 3.8) is 0 Å². The van der Waals surface area contributed by atoms with Crippen molar-refractivity contribution in [3.8, 4) is 5.75 Å². The minimum absolute atomic E-state index is 0.312. The van der Waals surface area contributed by atoms with Gasteiger partial charge in [0.2, 0.25) is 0 Å². The second-order valence-corrected chi connectivity index (χ2v) is 5.12. The van der Waals surface area contributed by atoms with Gasteiger partial charge < -0.3 is 10.5 Å². The molecule has 0 saturated carbocycles. The van der Waals surface area contributed by atoms with Gasteiger partial charge in [-0.25, -0.2) is 4.39 Å². The number of halogens is 5. The van der Waals surface area contributed by atoms with E-state index in [4.69, 9.17) is 5.73 Å². The van der Waals surface area contributed by atoms with Crippen LogP contribution in [0.3, 0.4) is 0 Å². The quantitative estimate of drug-likeness (QED) is 0.812. The fraction of sp³-hybridized carbons (Fsp3) is 0.143. The highest BCUT2D eigenvalue weighted by Crippen LogP contribution is 2.27. The number of hydrogen-bond acceptors (Lipinski definition) is 2. The fourth-order valence-corrected chi connectivity index (χ4v) is 2.02. The predicted molar refractivity (Wildman–Crippen MR) is 73.3 cm³/mol. The Hall–Kier alpha value is -1.60. The third kappa shape index (κ3) is 4.18. The zero-order chi connectivity index (χ0) is 15.6. The first-order valence-corrected chi connectivity index (χ1v) is 6.62. The first kappa shape index (κ1) is 15.8. The molecule has 0 amide bonds. The molecule has 2 N–H and O–H groups in total. The highest BCUT2D eigenvalue weighted by atomic mass is 79.9. The van der Waals surface area contributed by atoms with Crippen LogP contribution in [0.4, 0.5) is 17.6 Å². The van der Waals surface area contributed by atoms with Crippen molar-refractivity contribution in [2.24, 2.45) is 5.73 Å². The second kappa shape index (κ2) is 6.03. The van der Waals surface area contributed by atoms with Crippen LogP contribution in [0.1, 0.15) is 17.2 Å². The van der Waals surface area contributed by atoms with E-state index in [0.29, 0.717) is 15.6 Å². The molecule has 2 rings (SSSR count). The lowest BCUT2D eigenvalue weighted by atomic mass is 9.99. The Labute approximate surface area is 126 Å². The fourth-order valence-electron chi connectivity index (χ4n) is 1.78. The van der Waals surface area contributed by atoms with Crippen LogP contribution in [0, 0.1) is 5.82 Å². The van der Waals surface area contributed by atoms with Gasteiger partial charge in [0.25, 0.3) is 0 Å². The molecule has 0 radical (unpaired) electrons. The van der Waals surface area contributed by atoms with Crippen molar-refractivity contribution in [2.75, 3.05) is 0 Å². The van der Waals surface area contributed by atoms with E-state index in [0.717, 1.165) is 12.1 Å². The summed E-state index contributed by atoms with van der Waals surface area (Å²) in [5, 5.41) is 0. The monoisotopic (exact) mass is 363 g/mol. The molecular formula is C14H10BrF4NO. The van der Waals surface area contributed by atoms with E-state index in [1.54, 1.807) is 6.07 Å². The van der Waals surface area contributed by atoms with E-state index in [2.05, 4.69) is 20.7 Å². The van der Waals surface area contributed by atoms with Gasteiger partial charge in [0.15, 0.2) is 0 Å². The summed E-state index contributed by atoms with van der Waals surface area (Å²) >= 11 is 3.03. The van der Waals surface area contributed by atoms with Crippen LogP contribution in [0.5, 0.6) is 5.75 Å². The average molecular weight is 364 g/mol. The smallest absolute Gasteiger partial charge is 0.406 e. The molecule has 0 heterocycles. The second-order valence-electron chi connectivity index (χ2n) is 4.27. The van der Waals surface area contributed by atoms with Gasteiger partial charge in [0.1, 0.15) is 11.6 Å². The van der Waals surface area contributed by atoms with Gasteiger partial charge in [-0.2, -0.15) is 0 Å². The molecule has 0 aliphatic rings. The topological polar surface area (TPSA) is 35.2 Å². The zero-order valence-electron chi connectivity index (χ0n) is 10.5. The van der Waals surface area contributed by atoms with Crippen LogP contribution < -0.4 is 10.5 Å². The zero-order valence-corrected chi connectivity index (χ0v) is 12.1. The number of nitrogens with two attached hydrogens (primary N) is 1. The van der Waals surface area contributed by atoms with Crippen molar-refractivity contribution in [2.45, 2.75) is 12.4 Å². The van der Waals surface area contributed by atoms with E-state index in [9.17, 15) is 17.6 Å². The summed E-state index contributed by atoms with van der Waals surface area (Å²) in [4.78, 5) is 0. The van der Waals surface area contributed by atoms with E-state index >= 15 is 0 Å². The molecule has 0 aliphatic carbocycles. The van der Waals surface area contributed by atoms with Crippen molar-refractivity contribution in [1.82, 2.24) is 0 Å². The first-order valence-electron chi connectivity index (χ1n) is 5.82. The molecule has 0 bridgehead atoms. The van der Waals surface area contributed by atoms with Crippen LogP contribution in [-0.2, 0) is 0 Å². The third-order valence-corrected chi connectivity index (χ3v) is 3.42.